The highest BCUT2D eigenvalue weighted by atomic mass is 16.2. The molecule has 4 atom stereocenters. The second kappa shape index (κ2) is 4.12. The first kappa shape index (κ1) is 12.8. The topological polar surface area (TPSA) is 51.2 Å². The van der Waals surface area contributed by atoms with Crippen molar-refractivity contribution in [3.05, 3.63) is 11.6 Å². The molecular formula is C16H20O3. The van der Waals surface area contributed by atoms with E-state index in [2.05, 4.69) is 6.08 Å². The van der Waals surface area contributed by atoms with E-state index < -0.39 is 11.3 Å². The van der Waals surface area contributed by atoms with E-state index in [-0.39, 0.29) is 29.2 Å². The molecule has 2 fully saturated rings. The normalized spacial score (nSPS) is 41.6. The van der Waals surface area contributed by atoms with Crippen LogP contribution >= 0.6 is 0 Å². The molecule has 3 heteroatoms. The van der Waals surface area contributed by atoms with Gasteiger partial charge in [0.15, 0.2) is 11.6 Å². The van der Waals surface area contributed by atoms with Crippen LogP contribution in [0.4, 0.5) is 0 Å². The van der Waals surface area contributed by atoms with Gasteiger partial charge in [-0.3, -0.25) is 14.4 Å². The molecule has 0 aromatic carbocycles. The van der Waals surface area contributed by atoms with Gasteiger partial charge < -0.3 is 0 Å². The fraction of sp³-hybridized carbons (Fsp3) is 0.688. The number of hydrogen-bond donors (Lipinski definition) is 0. The number of Topliss-reactive ketones (excluding diaryl/α,β-unsaturated/α-hetero) is 3. The summed E-state index contributed by atoms with van der Waals surface area (Å²) in [7, 11) is 0. The first-order valence-electron chi connectivity index (χ1n) is 7.25. The zero-order chi connectivity index (χ0) is 13.8. The SMILES string of the molecule is CC(=O)C1C(=O)[C@@H]2CC=C3CCCC[C@@H]3[C@]2(C)C1=O. The molecule has 0 spiro atoms. The number of carbonyl (C=O) groups is 3. The lowest BCUT2D eigenvalue weighted by atomic mass is 9.58. The van der Waals surface area contributed by atoms with E-state index in [1.54, 1.807) is 0 Å². The molecule has 0 amide bonds. The fourth-order valence-electron chi connectivity index (χ4n) is 4.50. The predicted molar refractivity (Wildman–Crippen MR) is 70.4 cm³/mol. The van der Waals surface area contributed by atoms with E-state index in [0.29, 0.717) is 6.42 Å². The molecule has 3 rings (SSSR count). The summed E-state index contributed by atoms with van der Waals surface area (Å²) in [4.78, 5) is 36.8. The molecule has 0 aliphatic heterocycles. The van der Waals surface area contributed by atoms with Crippen molar-refractivity contribution in [3.63, 3.8) is 0 Å². The fourth-order valence-corrected chi connectivity index (χ4v) is 4.50. The predicted octanol–water partition coefficient (Wildman–Crippen LogP) is 2.49. The average molecular weight is 260 g/mol. The molecule has 0 N–H and O–H groups in total. The third kappa shape index (κ3) is 1.53. The summed E-state index contributed by atoms with van der Waals surface area (Å²) in [6.07, 6.45) is 7.17. The molecule has 0 bridgehead atoms. The molecule has 102 valence electrons. The Kier molecular flexibility index (Phi) is 2.77. The van der Waals surface area contributed by atoms with E-state index >= 15 is 0 Å². The Balaban J connectivity index is 2.07. The van der Waals surface area contributed by atoms with Crippen molar-refractivity contribution in [2.45, 2.75) is 46.0 Å². The van der Waals surface area contributed by atoms with Gasteiger partial charge in [0.25, 0.3) is 0 Å². The molecule has 2 saturated carbocycles. The van der Waals surface area contributed by atoms with Gasteiger partial charge in [0, 0.05) is 11.3 Å². The number of carbonyl (C=O) groups excluding carboxylic acids is 3. The summed E-state index contributed by atoms with van der Waals surface area (Å²) in [5.74, 6) is -1.55. The van der Waals surface area contributed by atoms with E-state index in [1.807, 2.05) is 6.92 Å². The molecule has 3 nitrogen and oxygen atoms in total. The third-order valence-corrected chi connectivity index (χ3v) is 5.55. The van der Waals surface area contributed by atoms with Gasteiger partial charge in [0.2, 0.25) is 0 Å². The molecule has 0 radical (unpaired) electrons. The van der Waals surface area contributed by atoms with Gasteiger partial charge in [-0.15, -0.1) is 0 Å². The summed E-state index contributed by atoms with van der Waals surface area (Å²) < 4.78 is 0. The Morgan fingerprint density at radius 3 is 2.68 bits per heavy atom. The molecule has 0 aromatic rings. The van der Waals surface area contributed by atoms with Crippen molar-refractivity contribution >= 4 is 17.3 Å². The number of rotatable bonds is 1. The minimum absolute atomic E-state index is 0.104. The van der Waals surface area contributed by atoms with Gasteiger partial charge in [-0.2, -0.15) is 0 Å². The molecule has 0 aromatic heterocycles. The standard InChI is InChI=1S/C16H20O3/c1-9(17)13-14(18)12-8-7-10-5-3-4-6-11(10)16(12,2)15(13)19/h7,11-13H,3-6,8H2,1-2H3/t11-,12-,13?,16-/m0/s1. The molecule has 19 heavy (non-hydrogen) atoms. The molecule has 0 heterocycles. The molecular weight excluding hydrogens is 240 g/mol. The van der Waals surface area contributed by atoms with Gasteiger partial charge in [0.1, 0.15) is 11.7 Å². The van der Waals surface area contributed by atoms with Crippen LogP contribution in [0.1, 0.15) is 46.0 Å². The Hall–Kier alpha value is -1.25. The summed E-state index contributed by atoms with van der Waals surface area (Å²) >= 11 is 0. The summed E-state index contributed by atoms with van der Waals surface area (Å²) in [5.41, 5.74) is 0.744. The maximum Gasteiger partial charge on any atom is 0.157 e. The number of ketones is 3. The molecule has 3 aliphatic rings. The van der Waals surface area contributed by atoms with Crippen molar-refractivity contribution in [3.8, 4) is 0 Å². The van der Waals surface area contributed by atoms with Crippen molar-refractivity contribution in [2.75, 3.05) is 0 Å². The summed E-state index contributed by atoms with van der Waals surface area (Å²) in [6.45, 7) is 3.31. The van der Waals surface area contributed by atoms with Crippen LogP contribution in [0.3, 0.4) is 0 Å². The Labute approximate surface area is 113 Å². The minimum Gasteiger partial charge on any atom is -0.299 e. The Bertz CT molecular complexity index is 502. The first-order valence-corrected chi connectivity index (χ1v) is 7.25. The van der Waals surface area contributed by atoms with Crippen LogP contribution in [0.25, 0.3) is 0 Å². The molecule has 3 aliphatic carbocycles. The highest BCUT2D eigenvalue weighted by molar-refractivity contribution is 6.26. The van der Waals surface area contributed by atoms with E-state index in [9.17, 15) is 14.4 Å². The lowest BCUT2D eigenvalue weighted by Gasteiger charge is -2.44. The monoisotopic (exact) mass is 260 g/mol. The van der Waals surface area contributed by atoms with E-state index in [0.717, 1.165) is 19.3 Å². The highest BCUT2D eigenvalue weighted by Crippen LogP contribution is 2.56. The largest absolute Gasteiger partial charge is 0.299 e. The van der Waals surface area contributed by atoms with Crippen molar-refractivity contribution < 1.29 is 14.4 Å². The van der Waals surface area contributed by atoms with Crippen LogP contribution in [0.2, 0.25) is 0 Å². The van der Waals surface area contributed by atoms with Crippen molar-refractivity contribution in [2.24, 2.45) is 23.2 Å². The maximum absolute atomic E-state index is 12.7. The van der Waals surface area contributed by atoms with Crippen molar-refractivity contribution in [1.82, 2.24) is 0 Å². The maximum atomic E-state index is 12.7. The first-order chi connectivity index (χ1) is 8.98. The van der Waals surface area contributed by atoms with Crippen LogP contribution in [-0.4, -0.2) is 17.3 Å². The Morgan fingerprint density at radius 2 is 2.00 bits per heavy atom. The summed E-state index contributed by atoms with van der Waals surface area (Å²) in [6, 6.07) is 0. The highest BCUT2D eigenvalue weighted by Gasteiger charge is 2.62. The zero-order valence-electron chi connectivity index (χ0n) is 11.6. The zero-order valence-corrected chi connectivity index (χ0v) is 11.6. The quantitative estimate of drug-likeness (QED) is 0.537. The summed E-state index contributed by atoms with van der Waals surface area (Å²) in [5, 5.41) is 0. The van der Waals surface area contributed by atoms with Gasteiger partial charge in [-0.05, 0) is 38.5 Å². The van der Waals surface area contributed by atoms with Crippen LogP contribution in [0.15, 0.2) is 11.6 Å². The number of allylic oxidation sites excluding steroid dienone is 2. The van der Waals surface area contributed by atoms with Crippen LogP contribution < -0.4 is 0 Å². The lowest BCUT2D eigenvalue weighted by molar-refractivity contribution is -0.137. The van der Waals surface area contributed by atoms with E-state index in [1.165, 1.54) is 18.9 Å². The minimum atomic E-state index is -0.982. The second-order valence-electron chi connectivity index (χ2n) is 6.46. The van der Waals surface area contributed by atoms with Crippen LogP contribution in [0.5, 0.6) is 0 Å². The number of fused-ring (bicyclic) bond motifs is 3. The molecule has 1 unspecified atom stereocenters. The lowest BCUT2D eigenvalue weighted by Crippen LogP contribution is -2.43. The smallest absolute Gasteiger partial charge is 0.157 e. The van der Waals surface area contributed by atoms with Gasteiger partial charge in [0.05, 0.1) is 0 Å². The van der Waals surface area contributed by atoms with Gasteiger partial charge in [-0.1, -0.05) is 25.0 Å². The van der Waals surface area contributed by atoms with E-state index in [4.69, 9.17) is 0 Å². The van der Waals surface area contributed by atoms with Crippen LogP contribution in [0, 0.1) is 23.2 Å². The number of hydrogen-bond acceptors (Lipinski definition) is 3. The van der Waals surface area contributed by atoms with Crippen molar-refractivity contribution in [1.29, 1.82) is 0 Å². The van der Waals surface area contributed by atoms with Crippen LogP contribution in [-0.2, 0) is 14.4 Å². The second-order valence-corrected chi connectivity index (χ2v) is 6.46. The van der Waals surface area contributed by atoms with Gasteiger partial charge >= 0.3 is 0 Å². The molecule has 0 saturated heterocycles. The average Bonchev–Trinajstić information content (AvgIpc) is 2.58. The van der Waals surface area contributed by atoms with Gasteiger partial charge in [-0.25, -0.2) is 0 Å². The third-order valence-electron chi connectivity index (χ3n) is 5.55. The Morgan fingerprint density at radius 1 is 1.26 bits per heavy atom.